The van der Waals surface area contributed by atoms with Crippen molar-refractivity contribution in [2.24, 2.45) is 11.7 Å². The summed E-state index contributed by atoms with van der Waals surface area (Å²) in [5.74, 6) is -2.57. The number of primary amides is 1. The van der Waals surface area contributed by atoms with E-state index in [1.807, 2.05) is 5.32 Å². The second kappa shape index (κ2) is 8.65. The molecule has 9 heteroatoms. The Hall–Kier alpha value is -3.62. The van der Waals surface area contributed by atoms with Gasteiger partial charge in [-0.15, -0.1) is 0 Å². The third kappa shape index (κ3) is 5.18. The van der Waals surface area contributed by atoms with Gasteiger partial charge in [-0.2, -0.15) is 0 Å². The molecule has 0 radical (unpaired) electrons. The van der Waals surface area contributed by atoms with Crippen molar-refractivity contribution < 1.29 is 28.3 Å². The Kier molecular flexibility index (Phi) is 6.32. The second-order valence-corrected chi connectivity index (χ2v) is 5.90. The summed E-state index contributed by atoms with van der Waals surface area (Å²) < 4.78 is 10.2. The van der Waals surface area contributed by atoms with Crippen LogP contribution in [-0.2, 0) is 9.53 Å². The summed E-state index contributed by atoms with van der Waals surface area (Å²) in [5.41, 5.74) is 5.15. The number of amides is 4. The lowest BCUT2D eigenvalue weighted by molar-refractivity contribution is -0.130. The molecule has 0 unspecified atom stereocenters. The number of ether oxygens (including phenoxy) is 1. The molecule has 27 heavy (non-hydrogen) atoms. The molecule has 0 spiro atoms. The number of rotatable bonds is 6. The first kappa shape index (κ1) is 19.7. The Morgan fingerprint density at radius 2 is 1.78 bits per heavy atom. The summed E-state index contributed by atoms with van der Waals surface area (Å²) in [4.78, 5) is 47.6. The quantitative estimate of drug-likeness (QED) is 0.661. The molecule has 2 rings (SSSR count). The van der Waals surface area contributed by atoms with Gasteiger partial charge in [0.05, 0.1) is 17.5 Å². The maximum Gasteiger partial charge on any atom is 0.341 e. The van der Waals surface area contributed by atoms with E-state index in [0.717, 1.165) is 0 Å². The fourth-order valence-corrected chi connectivity index (χ4v) is 2.23. The third-order valence-corrected chi connectivity index (χ3v) is 3.48. The SMILES string of the molecule is CC(C)[C@@H](OC(=O)c1ccccc1NC(=O)c1ccco1)C(=O)NC(N)=O. The van der Waals surface area contributed by atoms with Crippen LogP contribution < -0.4 is 16.4 Å². The molecular formula is C18H19N3O6. The number of hydrogen-bond donors (Lipinski definition) is 3. The minimum atomic E-state index is -1.24. The summed E-state index contributed by atoms with van der Waals surface area (Å²) in [6, 6.07) is 8.11. The van der Waals surface area contributed by atoms with Crippen molar-refractivity contribution in [2.45, 2.75) is 20.0 Å². The third-order valence-electron chi connectivity index (χ3n) is 3.48. The normalized spacial score (nSPS) is 11.5. The van der Waals surface area contributed by atoms with E-state index in [0.29, 0.717) is 0 Å². The minimum absolute atomic E-state index is 0.0370. The van der Waals surface area contributed by atoms with Crippen LogP contribution in [-0.4, -0.2) is 29.9 Å². The molecule has 0 aliphatic heterocycles. The van der Waals surface area contributed by atoms with Crippen LogP contribution in [0.2, 0.25) is 0 Å². The fourth-order valence-electron chi connectivity index (χ4n) is 2.23. The highest BCUT2D eigenvalue weighted by atomic mass is 16.5. The zero-order chi connectivity index (χ0) is 20.0. The molecule has 0 fully saturated rings. The van der Waals surface area contributed by atoms with Crippen LogP contribution in [0.5, 0.6) is 0 Å². The Balaban J connectivity index is 2.19. The van der Waals surface area contributed by atoms with Gasteiger partial charge >= 0.3 is 12.0 Å². The molecular weight excluding hydrogens is 354 g/mol. The molecule has 1 heterocycles. The molecule has 1 atom stereocenters. The predicted octanol–water partition coefficient (Wildman–Crippen LogP) is 1.91. The number of urea groups is 1. The van der Waals surface area contributed by atoms with Crippen LogP contribution >= 0.6 is 0 Å². The number of imide groups is 1. The summed E-state index contributed by atoms with van der Waals surface area (Å²) in [6.45, 7) is 3.28. The summed E-state index contributed by atoms with van der Waals surface area (Å²) >= 11 is 0. The van der Waals surface area contributed by atoms with Gasteiger partial charge in [-0.05, 0) is 30.2 Å². The highest BCUT2D eigenvalue weighted by Gasteiger charge is 2.29. The molecule has 0 aliphatic carbocycles. The topological polar surface area (TPSA) is 141 Å². The average molecular weight is 373 g/mol. The average Bonchev–Trinajstić information content (AvgIpc) is 3.13. The maximum atomic E-state index is 12.5. The Morgan fingerprint density at radius 1 is 1.07 bits per heavy atom. The molecule has 142 valence electrons. The van der Waals surface area contributed by atoms with Gasteiger partial charge in [0.1, 0.15) is 0 Å². The standard InChI is InChI=1S/C18H19N3O6/c1-10(2)14(16(23)21-18(19)25)27-17(24)11-6-3-4-7-12(11)20-15(22)13-8-5-9-26-13/h3-10,14H,1-2H3,(H,20,22)(H3,19,21,23,25)/t14-/m1/s1. The van der Waals surface area contributed by atoms with Crippen molar-refractivity contribution in [3.8, 4) is 0 Å². The number of para-hydroxylation sites is 1. The van der Waals surface area contributed by atoms with E-state index in [2.05, 4.69) is 5.32 Å². The van der Waals surface area contributed by atoms with Crippen molar-refractivity contribution in [1.29, 1.82) is 0 Å². The van der Waals surface area contributed by atoms with Crippen molar-refractivity contribution >= 4 is 29.5 Å². The van der Waals surface area contributed by atoms with E-state index in [1.54, 1.807) is 32.0 Å². The zero-order valence-corrected chi connectivity index (χ0v) is 14.7. The van der Waals surface area contributed by atoms with E-state index in [1.165, 1.54) is 24.5 Å². The highest BCUT2D eigenvalue weighted by molar-refractivity contribution is 6.07. The van der Waals surface area contributed by atoms with Gasteiger partial charge in [-0.25, -0.2) is 9.59 Å². The molecule has 9 nitrogen and oxygen atoms in total. The number of furan rings is 1. The number of esters is 1. The lowest BCUT2D eigenvalue weighted by Crippen LogP contribution is -2.45. The number of benzene rings is 1. The maximum absolute atomic E-state index is 12.5. The lowest BCUT2D eigenvalue weighted by atomic mass is 10.1. The van der Waals surface area contributed by atoms with Crippen LogP contribution in [0.4, 0.5) is 10.5 Å². The largest absolute Gasteiger partial charge is 0.459 e. The van der Waals surface area contributed by atoms with Gasteiger partial charge < -0.3 is 20.2 Å². The van der Waals surface area contributed by atoms with E-state index in [-0.39, 0.29) is 17.0 Å². The second-order valence-electron chi connectivity index (χ2n) is 5.90. The van der Waals surface area contributed by atoms with Gasteiger partial charge in [0.2, 0.25) is 0 Å². The minimum Gasteiger partial charge on any atom is -0.459 e. The smallest absolute Gasteiger partial charge is 0.341 e. The monoisotopic (exact) mass is 373 g/mol. The van der Waals surface area contributed by atoms with Gasteiger partial charge in [-0.3, -0.25) is 14.9 Å². The summed E-state index contributed by atoms with van der Waals surface area (Å²) in [6.07, 6.45) is 0.110. The van der Waals surface area contributed by atoms with Crippen LogP contribution in [0.15, 0.2) is 47.1 Å². The molecule has 0 saturated heterocycles. The lowest BCUT2D eigenvalue weighted by Gasteiger charge is -2.20. The number of carbonyl (C=O) groups is 4. The van der Waals surface area contributed by atoms with Crippen molar-refractivity contribution in [2.75, 3.05) is 5.32 Å². The number of anilines is 1. The number of nitrogens with two attached hydrogens (primary N) is 1. The van der Waals surface area contributed by atoms with Gasteiger partial charge in [0.15, 0.2) is 11.9 Å². The first-order valence-electron chi connectivity index (χ1n) is 8.04. The first-order chi connectivity index (χ1) is 12.8. The van der Waals surface area contributed by atoms with Gasteiger partial charge in [0.25, 0.3) is 11.8 Å². The van der Waals surface area contributed by atoms with Gasteiger partial charge in [0, 0.05) is 0 Å². The van der Waals surface area contributed by atoms with Crippen molar-refractivity contribution in [3.05, 3.63) is 54.0 Å². The molecule has 0 aliphatic rings. The molecule has 0 saturated carbocycles. The molecule has 2 aromatic rings. The van der Waals surface area contributed by atoms with Crippen molar-refractivity contribution in [1.82, 2.24) is 5.32 Å². The zero-order valence-electron chi connectivity index (χ0n) is 14.7. The fraction of sp³-hybridized carbons (Fsp3) is 0.222. The Bertz CT molecular complexity index is 845. The van der Waals surface area contributed by atoms with E-state index >= 15 is 0 Å². The van der Waals surface area contributed by atoms with Crippen LogP contribution in [0.25, 0.3) is 0 Å². The molecule has 0 bridgehead atoms. The predicted molar refractivity (Wildman–Crippen MR) is 94.9 cm³/mol. The molecule has 1 aromatic carbocycles. The highest BCUT2D eigenvalue weighted by Crippen LogP contribution is 2.19. The Labute approximate surface area is 154 Å². The van der Waals surface area contributed by atoms with E-state index < -0.39 is 35.8 Å². The number of hydrogen-bond acceptors (Lipinski definition) is 6. The van der Waals surface area contributed by atoms with Gasteiger partial charge in [-0.1, -0.05) is 26.0 Å². The van der Waals surface area contributed by atoms with Crippen LogP contribution in [0.1, 0.15) is 34.8 Å². The van der Waals surface area contributed by atoms with E-state index in [4.69, 9.17) is 14.9 Å². The van der Waals surface area contributed by atoms with Crippen LogP contribution in [0, 0.1) is 5.92 Å². The molecule has 4 amide bonds. The summed E-state index contributed by atoms with van der Waals surface area (Å²) in [7, 11) is 0. The van der Waals surface area contributed by atoms with Crippen molar-refractivity contribution in [3.63, 3.8) is 0 Å². The molecule has 4 N–H and O–H groups in total. The molecule has 1 aromatic heterocycles. The number of carbonyl (C=O) groups excluding carboxylic acids is 4. The Morgan fingerprint density at radius 3 is 2.37 bits per heavy atom. The van der Waals surface area contributed by atoms with E-state index in [9.17, 15) is 19.2 Å². The number of nitrogens with one attached hydrogen (secondary N) is 2. The summed E-state index contributed by atoms with van der Waals surface area (Å²) in [5, 5.41) is 4.44. The first-order valence-corrected chi connectivity index (χ1v) is 8.04. The van der Waals surface area contributed by atoms with Crippen LogP contribution in [0.3, 0.4) is 0 Å².